The SMILES string of the molecule is Cc1ccc(C(O)(C(=O)NN=Cc2cccnc2)c2ccc(C)cc2)cc1. The monoisotopic (exact) mass is 359 g/mol. The minimum absolute atomic E-state index is 0.478. The topological polar surface area (TPSA) is 74.6 Å². The number of benzene rings is 2. The van der Waals surface area contributed by atoms with Crippen LogP contribution >= 0.6 is 0 Å². The van der Waals surface area contributed by atoms with Crippen LogP contribution in [0.15, 0.2) is 78.2 Å². The highest BCUT2D eigenvalue weighted by Crippen LogP contribution is 2.30. The summed E-state index contributed by atoms with van der Waals surface area (Å²) in [5.41, 5.74) is 4.38. The van der Waals surface area contributed by atoms with Crippen molar-refractivity contribution < 1.29 is 9.90 Å². The van der Waals surface area contributed by atoms with Crippen molar-refractivity contribution in [2.75, 3.05) is 0 Å². The highest BCUT2D eigenvalue weighted by Gasteiger charge is 2.40. The number of carbonyl (C=O) groups excluding carboxylic acids is 1. The van der Waals surface area contributed by atoms with Gasteiger partial charge in [-0.3, -0.25) is 9.78 Å². The molecule has 0 bridgehead atoms. The Kier molecular flexibility index (Phi) is 5.43. The fraction of sp³-hybridized carbons (Fsp3) is 0.136. The maximum atomic E-state index is 12.9. The van der Waals surface area contributed by atoms with Gasteiger partial charge in [0.1, 0.15) is 0 Å². The molecule has 0 aliphatic rings. The quantitative estimate of drug-likeness (QED) is 0.543. The molecular weight excluding hydrogens is 338 g/mol. The van der Waals surface area contributed by atoms with Crippen LogP contribution in [-0.4, -0.2) is 22.2 Å². The Hall–Kier alpha value is -3.31. The normalized spacial score (nSPS) is 11.5. The van der Waals surface area contributed by atoms with Gasteiger partial charge in [0.15, 0.2) is 5.60 Å². The second-order valence-corrected chi connectivity index (χ2v) is 6.43. The van der Waals surface area contributed by atoms with Gasteiger partial charge in [-0.1, -0.05) is 65.7 Å². The summed E-state index contributed by atoms with van der Waals surface area (Å²) in [6, 6.07) is 18.0. The predicted octanol–water partition coefficient (Wildman–Crippen LogP) is 3.08. The maximum absolute atomic E-state index is 12.9. The maximum Gasteiger partial charge on any atom is 0.281 e. The lowest BCUT2D eigenvalue weighted by Crippen LogP contribution is -2.43. The first-order valence-corrected chi connectivity index (χ1v) is 8.60. The number of hydrazone groups is 1. The second kappa shape index (κ2) is 7.93. The van der Waals surface area contributed by atoms with E-state index in [1.807, 2.05) is 44.2 Å². The molecule has 2 N–H and O–H groups in total. The van der Waals surface area contributed by atoms with Gasteiger partial charge in [-0.25, -0.2) is 5.43 Å². The molecule has 0 unspecified atom stereocenters. The van der Waals surface area contributed by atoms with Gasteiger partial charge in [-0.2, -0.15) is 5.10 Å². The molecule has 1 amide bonds. The van der Waals surface area contributed by atoms with Crippen molar-refractivity contribution in [3.63, 3.8) is 0 Å². The van der Waals surface area contributed by atoms with E-state index in [2.05, 4.69) is 15.5 Å². The standard InChI is InChI=1S/C22H21N3O2/c1-16-5-9-19(10-6-16)22(27,20-11-7-17(2)8-12-20)21(26)25-24-15-18-4-3-13-23-14-18/h3-15,27H,1-2H3,(H,25,26). The summed E-state index contributed by atoms with van der Waals surface area (Å²) in [5.74, 6) is -0.629. The van der Waals surface area contributed by atoms with E-state index in [1.54, 1.807) is 42.7 Å². The molecule has 0 aliphatic carbocycles. The van der Waals surface area contributed by atoms with Crippen molar-refractivity contribution in [2.24, 2.45) is 5.10 Å². The zero-order chi connectivity index (χ0) is 19.3. The van der Waals surface area contributed by atoms with Gasteiger partial charge in [0, 0.05) is 18.0 Å². The fourth-order valence-corrected chi connectivity index (χ4v) is 2.72. The molecule has 0 fully saturated rings. The van der Waals surface area contributed by atoms with Crippen LogP contribution in [0.5, 0.6) is 0 Å². The molecule has 0 aliphatic heterocycles. The van der Waals surface area contributed by atoms with Crippen LogP contribution in [0.4, 0.5) is 0 Å². The molecule has 136 valence electrons. The fourth-order valence-electron chi connectivity index (χ4n) is 2.72. The van der Waals surface area contributed by atoms with E-state index in [9.17, 15) is 9.90 Å². The van der Waals surface area contributed by atoms with E-state index in [0.717, 1.165) is 16.7 Å². The van der Waals surface area contributed by atoms with Gasteiger partial charge in [-0.15, -0.1) is 0 Å². The molecule has 5 heteroatoms. The summed E-state index contributed by atoms with van der Waals surface area (Å²) in [4.78, 5) is 16.9. The summed E-state index contributed by atoms with van der Waals surface area (Å²) in [6.45, 7) is 3.90. The molecule has 3 aromatic rings. The number of hydrogen-bond acceptors (Lipinski definition) is 4. The van der Waals surface area contributed by atoms with E-state index >= 15 is 0 Å². The van der Waals surface area contributed by atoms with Crippen molar-refractivity contribution in [1.29, 1.82) is 0 Å². The number of carbonyl (C=O) groups is 1. The minimum atomic E-state index is -1.85. The van der Waals surface area contributed by atoms with Crippen LogP contribution in [0.1, 0.15) is 27.8 Å². The molecule has 0 atom stereocenters. The molecule has 5 nitrogen and oxygen atoms in total. The predicted molar refractivity (Wildman–Crippen MR) is 105 cm³/mol. The van der Waals surface area contributed by atoms with E-state index < -0.39 is 11.5 Å². The second-order valence-electron chi connectivity index (χ2n) is 6.43. The van der Waals surface area contributed by atoms with Crippen LogP contribution in [0.3, 0.4) is 0 Å². The Labute approximate surface area is 158 Å². The van der Waals surface area contributed by atoms with Crippen LogP contribution in [0.25, 0.3) is 0 Å². The summed E-state index contributed by atoms with van der Waals surface area (Å²) in [5, 5.41) is 15.4. The number of nitrogens with one attached hydrogen (secondary N) is 1. The first-order chi connectivity index (χ1) is 13.0. The molecule has 0 radical (unpaired) electrons. The first-order valence-electron chi connectivity index (χ1n) is 8.60. The van der Waals surface area contributed by atoms with Crippen molar-refractivity contribution >= 4 is 12.1 Å². The number of pyridine rings is 1. The summed E-state index contributed by atoms with van der Waals surface area (Å²) < 4.78 is 0. The number of amides is 1. The van der Waals surface area contributed by atoms with Gasteiger partial charge in [0.05, 0.1) is 6.21 Å². The summed E-state index contributed by atoms with van der Waals surface area (Å²) in [6.07, 6.45) is 4.76. The smallest absolute Gasteiger partial charge is 0.281 e. The number of nitrogens with zero attached hydrogens (tertiary/aromatic N) is 2. The van der Waals surface area contributed by atoms with Crippen LogP contribution in [-0.2, 0) is 10.4 Å². The number of aliphatic hydroxyl groups is 1. The zero-order valence-electron chi connectivity index (χ0n) is 15.3. The first kappa shape index (κ1) is 18.5. The van der Waals surface area contributed by atoms with Crippen LogP contribution in [0.2, 0.25) is 0 Å². The molecule has 0 saturated carbocycles. The largest absolute Gasteiger partial charge is 0.372 e. The lowest BCUT2D eigenvalue weighted by molar-refractivity contribution is -0.136. The third-order valence-electron chi connectivity index (χ3n) is 4.33. The third-order valence-corrected chi connectivity index (χ3v) is 4.33. The Balaban J connectivity index is 1.93. The summed E-state index contributed by atoms with van der Waals surface area (Å²) >= 11 is 0. The van der Waals surface area contributed by atoms with Crippen molar-refractivity contribution in [1.82, 2.24) is 10.4 Å². The van der Waals surface area contributed by atoms with Crippen molar-refractivity contribution in [3.05, 3.63) is 101 Å². The molecule has 2 aromatic carbocycles. The van der Waals surface area contributed by atoms with Gasteiger partial charge >= 0.3 is 0 Å². The minimum Gasteiger partial charge on any atom is -0.372 e. The van der Waals surface area contributed by atoms with Gasteiger partial charge in [-0.05, 0) is 31.0 Å². The molecule has 27 heavy (non-hydrogen) atoms. The molecule has 3 rings (SSSR count). The van der Waals surface area contributed by atoms with E-state index in [1.165, 1.54) is 6.21 Å². The summed E-state index contributed by atoms with van der Waals surface area (Å²) in [7, 11) is 0. The number of hydrogen-bond donors (Lipinski definition) is 2. The lowest BCUT2D eigenvalue weighted by atomic mass is 9.85. The number of rotatable bonds is 5. The molecule has 1 heterocycles. The average Bonchev–Trinajstić information content (AvgIpc) is 2.69. The number of aromatic nitrogens is 1. The van der Waals surface area contributed by atoms with Crippen molar-refractivity contribution in [3.8, 4) is 0 Å². The Bertz CT molecular complexity index is 888. The Morgan fingerprint density at radius 1 is 1.00 bits per heavy atom. The van der Waals surface area contributed by atoms with E-state index in [0.29, 0.717) is 11.1 Å². The van der Waals surface area contributed by atoms with E-state index in [-0.39, 0.29) is 0 Å². The highest BCUT2D eigenvalue weighted by atomic mass is 16.3. The van der Waals surface area contributed by atoms with E-state index in [4.69, 9.17) is 0 Å². The van der Waals surface area contributed by atoms with Gasteiger partial charge in [0.2, 0.25) is 0 Å². The van der Waals surface area contributed by atoms with Gasteiger partial charge < -0.3 is 5.11 Å². The molecular formula is C22H21N3O2. The Morgan fingerprint density at radius 2 is 1.56 bits per heavy atom. The van der Waals surface area contributed by atoms with Crippen LogP contribution in [0, 0.1) is 13.8 Å². The lowest BCUT2D eigenvalue weighted by Gasteiger charge is -2.27. The van der Waals surface area contributed by atoms with Gasteiger partial charge in [0.25, 0.3) is 5.91 Å². The third kappa shape index (κ3) is 4.10. The molecule has 1 aromatic heterocycles. The van der Waals surface area contributed by atoms with Crippen molar-refractivity contribution in [2.45, 2.75) is 19.4 Å². The van der Waals surface area contributed by atoms with Crippen LogP contribution < -0.4 is 5.43 Å². The molecule has 0 spiro atoms. The highest BCUT2D eigenvalue weighted by molar-refractivity contribution is 5.91. The average molecular weight is 359 g/mol. The zero-order valence-corrected chi connectivity index (χ0v) is 15.3. The Morgan fingerprint density at radius 3 is 2.04 bits per heavy atom. The molecule has 0 saturated heterocycles. The number of aryl methyl sites for hydroxylation is 2.